The van der Waals surface area contributed by atoms with Gasteiger partial charge in [0.25, 0.3) is 23.4 Å². The zero-order chi connectivity index (χ0) is 24.7. The van der Waals surface area contributed by atoms with Crippen LogP contribution in [-0.2, 0) is 17.8 Å². The number of fused-ring (bicyclic) bond motifs is 2. The third kappa shape index (κ3) is 4.04. The Morgan fingerprint density at radius 2 is 1.86 bits per heavy atom. The zero-order valence-corrected chi connectivity index (χ0v) is 18.9. The highest BCUT2D eigenvalue weighted by molar-refractivity contribution is 7.15. The van der Waals surface area contributed by atoms with Crippen molar-refractivity contribution in [2.75, 3.05) is 18.4 Å². The summed E-state index contributed by atoms with van der Waals surface area (Å²) in [6.45, 7) is 0.247. The summed E-state index contributed by atoms with van der Waals surface area (Å²) in [6, 6.07) is 12.7. The van der Waals surface area contributed by atoms with Crippen LogP contribution in [0, 0.1) is 10.1 Å². The highest BCUT2D eigenvalue weighted by atomic mass is 32.1. The van der Waals surface area contributed by atoms with E-state index in [2.05, 4.69) is 10.3 Å². The summed E-state index contributed by atoms with van der Waals surface area (Å²) in [5.74, 6) is -2.40. The molecule has 176 valence electrons. The number of benzene rings is 2. The van der Waals surface area contributed by atoms with E-state index in [4.69, 9.17) is 0 Å². The fraction of sp³-hybridized carbons (Fsp3) is 0.174. The number of thiazole rings is 1. The van der Waals surface area contributed by atoms with Gasteiger partial charge in [0, 0.05) is 29.5 Å². The molecule has 3 aromatic rings. The molecule has 1 N–H and O–H groups in total. The van der Waals surface area contributed by atoms with Crippen molar-refractivity contribution in [1.29, 1.82) is 0 Å². The fourth-order valence-electron chi connectivity index (χ4n) is 4.10. The number of aromatic nitrogens is 1. The first-order chi connectivity index (χ1) is 16.8. The lowest BCUT2D eigenvalue weighted by Crippen LogP contribution is -2.37. The number of nitrogens with zero attached hydrogens (tertiary/aromatic N) is 4. The maximum atomic E-state index is 12.7. The van der Waals surface area contributed by atoms with E-state index < -0.39 is 34.9 Å². The highest BCUT2D eigenvalue weighted by Gasteiger charge is 2.41. The van der Waals surface area contributed by atoms with Crippen LogP contribution in [0.1, 0.15) is 41.6 Å². The first-order valence-electron chi connectivity index (χ1n) is 10.6. The molecule has 0 bridgehead atoms. The molecule has 3 heterocycles. The molecule has 4 amide bonds. The lowest BCUT2D eigenvalue weighted by Gasteiger charge is -2.26. The first-order valence-corrected chi connectivity index (χ1v) is 11.4. The van der Waals surface area contributed by atoms with Gasteiger partial charge in [0.05, 0.1) is 22.7 Å². The summed E-state index contributed by atoms with van der Waals surface area (Å²) >= 11 is 1.22. The molecule has 0 atom stereocenters. The lowest BCUT2D eigenvalue weighted by atomic mass is 10.1. The average molecular weight is 491 g/mol. The molecule has 11 nitrogen and oxygen atoms in total. The molecule has 2 aliphatic rings. The van der Waals surface area contributed by atoms with Crippen LogP contribution in [-0.4, -0.2) is 56.4 Å². The molecule has 0 saturated heterocycles. The molecule has 35 heavy (non-hydrogen) atoms. The maximum absolute atomic E-state index is 12.7. The summed E-state index contributed by atoms with van der Waals surface area (Å²) in [6.07, 6.45) is 0.530. The molecule has 0 radical (unpaired) electrons. The number of amides is 4. The molecule has 1 aromatic heterocycles. The first kappa shape index (κ1) is 22.3. The van der Waals surface area contributed by atoms with E-state index in [1.54, 1.807) is 29.2 Å². The number of rotatable bonds is 5. The summed E-state index contributed by atoms with van der Waals surface area (Å²) in [7, 11) is 0. The molecule has 0 fully saturated rings. The number of hydrogen-bond donors (Lipinski definition) is 1. The number of hydrogen-bond acceptors (Lipinski definition) is 8. The Hall–Kier alpha value is -4.45. The summed E-state index contributed by atoms with van der Waals surface area (Å²) in [4.78, 5) is 68.8. The number of nitrogens with one attached hydrogen (secondary N) is 1. The van der Waals surface area contributed by atoms with Gasteiger partial charge < -0.3 is 10.2 Å². The van der Waals surface area contributed by atoms with Crippen molar-refractivity contribution in [3.8, 4) is 0 Å². The molecule has 12 heteroatoms. The van der Waals surface area contributed by atoms with Crippen molar-refractivity contribution in [1.82, 2.24) is 14.8 Å². The van der Waals surface area contributed by atoms with E-state index in [-0.39, 0.29) is 22.2 Å². The van der Waals surface area contributed by atoms with Gasteiger partial charge in [-0.05, 0) is 18.2 Å². The minimum atomic E-state index is -0.888. The van der Waals surface area contributed by atoms with Crippen LogP contribution in [0.2, 0.25) is 0 Å². The molecule has 2 aliphatic heterocycles. The topological polar surface area (TPSA) is 143 Å². The number of carbonyl (C=O) groups is 4. The Kier molecular flexibility index (Phi) is 5.57. The van der Waals surface area contributed by atoms with E-state index >= 15 is 0 Å². The molecular formula is C23H17N5O6S. The minimum absolute atomic E-state index is 0.0880. The van der Waals surface area contributed by atoms with Crippen molar-refractivity contribution < 1.29 is 24.1 Å². The van der Waals surface area contributed by atoms with E-state index in [0.29, 0.717) is 30.0 Å². The van der Waals surface area contributed by atoms with E-state index in [1.807, 2.05) is 6.07 Å². The van der Waals surface area contributed by atoms with Crippen LogP contribution in [0.5, 0.6) is 0 Å². The molecule has 2 aromatic carbocycles. The van der Waals surface area contributed by atoms with Crippen LogP contribution in [0.15, 0.2) is 48.5 Å². The Labute approximate surface area is 202 Å². The standard InChI is InChI=1S/C23H17N5O6S/c29-18(12-27-21(31)14-7-4-8-16(28(33)34)19(14)22(27)32)25-23-24-15-9-10-26(11-17(15)35-23)20(30)13-5-2-1-3-6-13/h1-8H,9-12H2,(H,24,25,29). The normalized spacial score (nSPS) is 14.5. The highest BCUT2D eigenvalue weighted by Crippen LogP contribution is 2.31. The quantitative estimate of drug-likeness (QED) is 0.328. The molecule has 0 spiro atoms. The zero-order valence-electron chi connectivity index (χ0n) is 18.1. The van der Waals surface area contributed by atoms with Crippen LogP contribution in [0.4, 0.5) is 10.8 Å². The third-order valence-corrected chi connectivity index (χ3v) is 6.76. The second-order valence-corrected chi connectivity index (χ2v) is 9.02. The van der Waals surface area contributed by atoms with Gasteiger partial charge in [-0.15, -0.1) is 0 Å². The maximum Gasteiger partial charge on any atom is 0.282 e. The Balaban J connectivity index is 1.26. The van der Waals surface area contributed by atoms with Crippen molar-refractivity contribution in [3.05, 3.63) is 85.9 Å². The summed E-state index contributed by atoms with van der Waals surface area (Å²) in [5.41, 5.74) is 0.466. The Bertz CT molecular complexity index is 1400. The Morgan fingerprint density at radius 1 is 1.09 bits per heavy atom. The molecule has 5 rings (SSSR count). The molecule has 0 saturated carbocycles. The summed E-state index contributed by atoms with van der Waals surface area (Å²) < 4.78 is 0. The van der Waals surface area contributed by atoms with Gasteiger partial charge in [0.15, 0.2) is 5.13 Å². The minimum Gasteiger partial charge on any atom is -0.333 e. The monoisotopic (exact) mass is 491 g/mol. The van der Waals surface area contributed by atoms with Crippen LogP contribution in [0.25, 0.3) is 0 Å². The van der Waals surface area contributed by atoms with Gasteiger partial charge in [-0.3, -0.25) is 34.2 Å². The number of nitro groups is 1. The molecule has 0 unspecified atom stereocenters. The SMILES string of the molecule is O=C(CN1C(=O)c2cccc([N+](=O)[O-])c2C1=O)Nc1nc2c(s1)CN(C(=O)c1ccccc1)CC2. The molecule has 0 aliphatic carbocycles. The van der Waals surface area contributed by atoms with Crippen molar-refractivity contribution in [2.45, 2.75) is 13.0 Å². The Morgan fingerprint density at radius 3 is 2.60 bits per heavy atom. The largest absolute Gasteiger partial charge is 0.333 e. The van der Waals surface area contributed by atoms with E-state index in [0.717, 1.165) is 16.6 Å². The van der Waals surface area contributed by atoms with Crippen LogP contribution in [0.3, 0.4) is 0 Å². The number of anilines is 1. The number of carbonyl (C=O) groups excluding carboxylic acids is 4. The van der Waals surface area contributed by atoms with Crippen LogP contribution >= 0.6 is 11.3 Å². The number of imide groups is 1. The average Bonchev–Trinajstić information content (AvgIpc) is 3.37. The van der Waals surface area contributed by atoms with Gasteiger partial charge in [-0.1, -0.05) is 35.6 Å². The van der Waals surface area contributed by atoms with Gasteiger partial charge >= 0.3 is 0 Å². The predicted molar refractivity (Wildman–Crippen MR) is 124 cm³/mol. The number of nitro benzene ring substituents is 1. The lowest BCUT2D eigenvalue weighted by molar-refractivity contribution is -0.385. The summed E-state index contributed by atoms with van der Waals surface area (Å²) in [5, 5.41) is 14.1. The van der Waals surface area contributed by atoms with Crippen molar-refractivity contribution in [2.24, 2.45) is 0 Å². The van der Waals surface area contributed by atoms with Crippen LogP contribution < -0.4 is 5.32 Å². The van der Waals surface area contributed by atoms with Crippen molar-refractivity contribution in [3.63, 3.8) is 0 Å². The van der Waals surface area contributed by atoms with E-state index in [1.165, 1.54) is 23.5 Å². The predicted octanol–water partition coefficient (Wildman–Crippen LogP) is 2.48. The van der Waals surface area contributed by atoms with Gasteiger partial charge in [-0.25, -0.2) is 4.98 Å². The second-order valence-electron chi connectivity index (χ2n) is 7.93. The van der Waals surface area contributed by atoms with Gasteiger partial charge in [0.1, 0.15) is 12.1 Å². The smallest absolute Gasteiger partial charge is 0.282 e. The molecular weight excluding hydrogens is 474 g/mol. The third-order valence-electron chi connectivity index (χ3n) is 5.76. The van der Waals surface area contributed by atoms with Gasteiger partial charge in [0.2, 0.25) is 5.91 Å². The van der Waals surface area contributed by atoms with Gasteiger partial charge in [-0.2, -0.15) is 0 Å². The fourth-order valence-corrected chi connectivity index (χ4v) is 5.14. The van der Waals surface area contributed by atoms with E-state index in [9.17, 15) is 29.3 Å². The second kappa shape index (κ2) is 8.72. The van der Waals surface area contributed by atoms with Crippen molar-refractivity contribution >= 4 is 45.8 Å².